The van der Waals surface area contributed by atoms with Crippen molar-refractivity contribution in [3.8, 4) is 0 Å². The molecule has 1 saturated heterocycles. The van der Waals surface area contributed by atoms with Crippen LogP contribution < -0.4 is 11.1 Å². The van der Waals surface area contributed by atoms with Gasteiger partial charge in [-0.05, 0) is 38.2 Å². The van der Waals surface area contributed by atoms with E-state index in [1.54, 1.807) is 0 Å². The number of hydrogen-bond donors (Lipinski definition) is 2. The van der Waals surface area contributed by atoms with Gasteiger partial charge in [0, 0.05) is 18.3 Å². The highest BCUT2D eigenvalue weighted by atomic mass is 16.5. The van der Waals surface area contributed by atoms with E-state index in [9.17, 15) is 4.79 Å². The van der Waals surface area contributed by atoms with Crippen LogP contribution in [0.3, 0.4) is 0 Å². The third-order valence-corrected chi connectivity index (χ3v) is 5.40. The number of fused-ring (bicyclic) bond motifs is 2. The number of nitrogens with zero attached hydrogens (tertiary/aromatic N) is 2. The first-order valence-corrected chi connectivity index (χ1v) is 8.52. The SMILES string of the molecule is Cc1cnn(C2CCC(NC(=O)[C@H]3[C@@H](N)[C@@H]4C=C[C@H]3O4)CC2)c1. The van der Waals surface area contributed by atoms with Gasteiger partial charge in [0.2, 0.25) is 5.91 Å². The summed E-state index contributed by atoms with van der Waals surface area (Å²) in [5.41, 5.74) is 7.32. The van der Waals surface area contributed by atoms with Gasteiger partial charge in [0.05, 0.1) is 30.4 Å². The molecule has 4 rings (SSSR count). The first-order valence-electron chi connectivity index (χ1n) is 8.52. The number of rotatable bonds is 3. The molecule has 1 aliphatic carbocycles. The quantitative estimate of drug-likeness (QED) is 0.817. The predicted octanol–water partition coefficient (Wildman–Crippen LogP) is 1.07. The highest BCUT2D eigenvalue weighted by molar-refractivity contribution is 5.81. The van der Waals surface area contributed by atoms with Crippen molar-refractivity contribution in [1.29, 1.82) is 0 Å². The molecular formula is C17H24N4O2. The summed E-state index contributed by atoms with van der Waals surface area (Å²) in [5.74, 6) is -0.191. The van der Waals surface area contributed by atoms with Gasteiger partial charge in [-0.1, -0.05) is 12.2 Å². The van der Waals surface area contributed by atoms with E-state index in [0.717, 1.165) is 25.7 Å². The van der Waals surface area contributed by atoms with Crippen molar-refractivity contribution in [2.75, 3.05) is 0 Å². The van der Waals surface area contributed by atoms with Crippen molar-refractivity contribution in [2.24, 2.45) is 11.7 Å². The van der Waals surface area contributed by atoms with Crippen molar-refractivity contribution in [3.63, 3.8) is 0 Å². The number of hydrogen-bond acceptors (Lipinski definition) is 4. The van der Waals surface area contributed by atoms with Crippen LogP contribution in [0.1, 0.15) is 37.3 Å². The van der Waals surface area contributed by atoms with Crippen molar-refractivity contribution in [3.05, 3.63) is 30.1 Å². The molecular weight excluding hydrogens is 292 g/mol. The van der Waals surface area contributed by atoms with Gasteiger partial charge in [0.25, 0.3) is 0 Å². The van der Waals surface area contributed by atoms with Crippen molar-refractivity contribution in [2.45, 2.75) is 62.9 Å². The Kier molecular flexibility index (Phi) is 3.73. The molecule has 2 bridgehead atoms. The van der Waals surface area contributed by atoms with E-state index in [0.29, 0.717) is 6.04 Å². The van der Waals surface area contributed by atoms with Crippen LogP contribution in [0.5, 0.6) is 0 Å². The Morgan fingerprint density at radius 1 is 1.30 bits per heavy atom. The number of carbonyl (C=O) groups excluding carboxylic acids is 1. The van der Waals surface area contributed by atoms with Gasteiger partial charge < -0.3 is 15.8 Å². The average Bonchev–Trinajstić information content (AvgIpc) is 3.24. The predicted molar refractivity (Wildman–Crippen MR) is 85.7 cm³/mol. The average molecular weight is 316 g/mol. The van der Waals surface area contributed by atoms with Crippen LogP contribution >= 0.6 is 0 Å². The Labute approximate surface area is 136 Å². The van der Waals surface area contributed by atoms with Crippen molar-refractivity contribution in [1.82, 2.24) is 15.1 Å². The Morgan fingerprint density at radius 2 is 2.04 bits per heavy atom. The highest BCUT2D eigenvalue weighted by Gasteiger charge is 2.48. The van der Waals surface area contributed by atoms with Gasteiger partial charge in [-0.25, -0.2) is 0 Å². The zero-order valence-electron chi connectivity index (χ0n) is 13.4. The minimum atomic E-state index is -0.239. The standard InChI is InChI=1S/C17H24N4O2/c1-10-8-19-21(9-10)12-4-2-11(3-5-12)20-17(22)15-13-6-7-14(23-13)16(15)18/h6-9,11-16H,2-5,18H2,1H3,(H,20,22)/t11?,12?,13-,14+,15-,16+/m1/s1. The lowest BCUT2D eigenvalue weighted by Gasteiger charge is -2.31. The molecule has 2 aliphatic heterocycles. The van der Waals surface area contributed by atoms with E-state index in [2.05, 4.69) is 28.2 Å². The summed E-state index contributed by atoms with van der Waals surface area (Å²) in [6.07, 6.45) is 11.8. The molecule has 6 nitrogen and oxygen atoms in total. The van der Waals surface area contributed by atoms with Gasteiger partial charge in [0.1, 0.15) is 0 Å². The maximum Gasteiger partial charge on any atom is 0.227 e. The molecule has 124 valence electrons. The molecule has 1 saturated carbocycles. The summed E-state index contributed by atoms with van der Waals surface area (Å²) >= 11 is 0. The lowest BCUT2D eigenvalue weighted by molar-refractivity contribution is -0.127. The van der Waals surface area contributed by atoms with Gasteiger partial charge in [-0.15, -0.1) is 0 Å². The zero-order valence-corrected chi connectivity index (χ0v) is 13.4. The number of carbonyl (C=O) groups is 1. The first-order chi connectivity index (χ1) is 11.1. The van der Waals surface area contributed by atoms with Gasteiger partial charge in [-0.2, -0.15) is 5.10 Å². The van der Waals surface area contributed by atoms with Crippen LogP contribution in [0.15, 0.2) is 24.5 Å². The monoisotopic (exact) mass is 316 g/mol. The van der Waals surface area contributed by atoms with Crippen LogP contribution in [-0.4, -0.2) is 40.0 Å². The summed E-state index contributed by atoms with van der Waals surface area (Å²) in [6.45, 7) is 2.06. The fourth-order valence-corrected chi connectivity index (χ4v) is 4.08. The van der Waals surface area contributed by atoms with E-state index in [1.807, 2.05) is 18.3 Å². The Balaban J connectivity index is 1.31. The second kappa shape index (κ2) is 5.76. The largest absolute Gasteiger partial charge is 0.364 e. The van der Waals surface area contributed by atoms with Crippen LogP contribution in [0.25, 0.3) is 0 Å². The third-order valence-electron chi connectivity index (χ3n) is 5.40. The van der Waals surface area contributed by atoms with E-state index in [-0.39, 0.29) is 36.1 Å². The molecule has 3 heterocycles. The Hall–Kier alpha value is -1.66. The number of nitrogens with one attached hydrogen (secondary N) is 1. The molecule has 6 heteroatoms. The number of ether oxygens (including phenoxy) is 1. The number of aryl methyl sites for hydroxylation is 1. The summed E-state index contributed by atoms with van der Waals surface area (Å²) in [5, 5.41) is 7.60. The molecule has 1 aromatic heterocycles. The lowest BCUT2D eigenvalue weighted by atomic mass is 9.87. The molecule has 3 aliphatic rings. The van der Waals surface area contributed by atoms with Crippen molar-refractivity contribution < 1.29 is 9.53 Å². The topological polar surface area (TPSA) is 82.2 Å². The van der Waals surface area contributed by atoms with Crippen LogP contribution in [0.4, 0.5) is 0 Å². The summed E-state index contributed by atoms with van der Waals surface area (Å²) < 4.78 is 7.74. The Bertz CT molecular complexity index is 618. The first kappa shape index (κ1) is 14.9. The van der Waals surface area contributed by atoms with Gasteiger partial charge >= 0.3 is 0 Å². The van der Waals surface area contributed by atoms with Crippen LogP contribution in [0.2, 0.25) is 0 Å². The van der Waals surface area contributed by atoms with Gasteiger partial charge in [-0.3, -0.25) is 9.48 Å². The zero-order chi connectivity index (χ0) is 16.0. The van der Waals surface area contributed by atoms with Crippen LogP contribution in [-0.2, 0) is 9.53 Å². The van der Waals surface area contributed by atoms with Gasteiger partial charge in [0.15, 0.2) is 0 Å². The summed E-state index contributed by atoms with van der Waals surface area (Å²) in [6, 6.07) is 0.479. The maximum atomic E-state index is 12.5. The van der Waals surface area contributed by atoms with E-state index in [1.165, 1.54) is 5.56 Å². The minimum Gasteiger partial charge on any atom is -0.364 e. The maximum absolute atomic E-state index is 12.5. The molecule has 1 aromatic rings. The molecule has 0 aromatic carbocycles. The van der Waals surface area contributed by atoms with E-state index < -0.39 is 0 Å². The molecule has 1 amide bonds. The van der Waals surface area contributed by atoms with Crippen molar-refractivity contribution >= 4 is 5.91 Å². The Morgan fingerprint density at radius 3 is 2.65 bits per heavy atom. The molecule has 0 unspecified atom stereocenters. The highest BCUT2D eigenvalue weighted by Crippen LogP contribution is 2.34. The third kappa shape index (κ3) is 2.70. The van der Waals surface area contributed by atoms with Crippen LogP contribution in [0, 0.1) is 12.8 Å². The molecule has 3 N–H and O–H groups in total. The molecule has 4 atom stereocenters. The second-order valence-corrected chi connectivity index (χ2v) is 7.07. The number of amides is 1. The number of nitrogens with two attached hydrogens (primary N) is 1. The molecule has 0 spiro atoms. The van der Waals surface area contributed by atoms with E-state index >= 15 is 0 Å². The van der Waals surface area contributed by atoms with E-state index in [4.69, 9.17) is 10.5 Å². The fourth-order valence-electron chi connectivity index (χ4n) is 4.08. The smallest absolute Gasteiger partial charge is 0.227 e. The molecule has 23 heavy (non-hydrogen) atoms. The minimum absolute atomic E-state index is 0.0488. The lowest BCUT2D eigenvalue weighted by Crippen LogP contribution is -2.49. The summed E-state index contributed by atoms with van der Waals surface area (Å²) in [7, 11) is 0. The number of aromatic nitrogens is 2. The molecule has 0 radical (unpaired) electrons. The normalized spacial score (nSPS) is 38.9. The second-order valence-electron chi connectivity index (χ2n) is 7.07. The fraction of sp³-hybridized carbons (Fsp3) is 0.647. The molecule has 2 fully saturated rings. The summed E-state index contributed by atoms with van der Waals surface area (Å²) in [4.78, 5) is 12.5.